The number of hydrogen-bond donors (Lipinski definition) is 2. The Morgan fingerprint density at radius 2 is 2.20 bits per heavy atom. The summed E-state index contributed by atoms with van der Waals surface area (Å²) in [7, 11) is 0. The number of carbonyl (C=O) groups is 1. The van der Waals surface area contributed by atoms with Crippen molar-refractivity contribution in [1.29, 1.82) is 0 Å². The lowest BCUT2D eigenvalue weighted by molar-refractivity contribution is -0.116. The summed E-state index contributed by atoms with van der Waals surface area (Å²) in [5.41, 5.74) is 3.19. The van der Waals surface area contributed by atoms with Crippen molar-refractivity contribution in [3.63, 3.8) is 0 Å². The van der Waals surface area contributed by atoms with Crippen molar-refractivity contribution in [2.45, 2.75) is 52.0 Å². The van der Waals surface area contributed by atoms with Crippen LogP contribution in [0.25, 0.3) is 0 Å². The smallest absolute Gasteiger partial charge is 0.224 e. The van der Waals surface area contributed by atoms with Crippen LogP contribution >= 0.6 is 15.9 Å². The first-order valence-corrected chi connectivity index (χ1v) is 8.15. The molecule has 20 heavy (non-hydrogen) atoms. The zero-order valence-electron chi connectivity index (χ0n) is 12.3. The number of piperidine rings is 1. The Balaban J connectivity index is 1.88. The molecule has 2 rings (SSSR count). The minimum absolute atomic E-state index is 0.102. The van der Waals surface area contributed by atoms with Crippen LogP contribution in [0.5, 0.6) is 0 Å². The van der Waals surface area contributed by atoms with Crippen molar-refractivity contribution < 1.29 is 4.79 Å². The number of hydrogen-bond acceptors (Lipinski definition) is 2. The first kappa shape index (κ1) is 15.5. The van der Waals surface area contributed by atoms with Gasteiger partial charge in [0.15, 0.2) is 0 Å². The molecule has 1 fully saturated rings. The fourth-order valence-corrected chi connectivity index (χ4v) is 3.52. The van der Waals surface area contributed by atoms with Crippen LogP contribution in [-0.2, 0) is 4.79 Å². The lowest BCUT2D eigenvalue weighted by atomic mass is 10.0. The van der Waals surface area contributed by atoms with E-state index in [1.807, 2.05) is 13.0 Å². The number of aryl methyl sites for hydroxylation is 2. The van der Waals surface area contributed by atoms with Crippen LogP contribution in [0.2, 0.25) is 0 Å². The number of carbonyl (C=O) groups excluding carboxylic acids is 1. The molecule has 0 spiro atoms. The second kappa shape index (κ2) is 7.23. The third-order valence-electron chi connectivity index (χ3n) is 3.83. The number of nitrogens with one attached hydrogen (secondary N) is 2. The Morgan fingerprint density at radius 3 is 2.85 bits per heavy atom. The highest BCUT2D eigenvalue weighted by Crippen LogP contribution is 2.28. The quantitative estimate of drug-likeness (QED) is 0.873. The van der Waals surface area contributed by atoms with Crippen molar-refractivity contribution in [2.75, 3.05) is 11.9 Å². The van der Waals surface area contributed by atoms with E-state index in [2.05, 4.69) is 39.6 Å². The highest BCUT2D eigenvalue weighted by atomic mass is 79.9. The number of anilines is 1. The monoisotopic (exact) mass is 338 g/mol. The normalized spacial score (nSPS) is 18.9. The fourth-order valence-electron chi connectivity index (χ4n) is 2.75. The highest BCUT2D eigenvalue weighted by molar-refractivity contribution is 9.10. The van der Waals surface area contributed by atoms with E-state index in [9.17, 15) is 4.79 Å². The molecule has 0 saturated carbocycles. The Morgan fingerprint density at radius 1 is 1.40 bits per heavy atom. The summed E-state index contributed by atoms with van der Waals surface area (Å²) >= 11 is 3.53. The fraction of sp³-hybridized carbons (Fsp3) is 0.562. The van der Waals surface area contributed by atoms with Gasteiger partial charge in [-0.15, -0.1) is 0 Å². The molecule has 1 amide bonds. The molecule has 1 aromatic rings. The van der Waals surface area contributed by atoms with Crippen LogP contribution in [0.1, 0.15) is 43.2 Å². The van der Waals surface area contributed by atoms with Crippen molar-refractivity contribution >= 4 is 27.5 Å². The van der Waals surface area contributed by atoms with Gasteiger partial charge < -0.3 is 10.6 Å². The molecule has 1 atom stereocenters. The molecule has 110 valence electrons. The molecule has 1 saturated heterocycles. The number of benzene rings is 1. The lowest BCUT2D eigenvalue weighted by Crippen LogP contribution is -2.34. The Labute approximate surface area is 129 Å². The van der Waals surface area contributed by atoms with Gasteiger partial charge in [-0.25, -0.2) is 0 Å². The molecule has 4 heteroatoms. The Hall–Kier alpha value is -0.870. The van der Waals surface area contributed by atoms with E-state index in [1.165, 1.54) is 24.8 Å². The third kappa shape index (κ3) is 4.32. The van der Waals surface area contributed by atoms with E-state index in [0.717, 1.165) is 28.7 Å². The predicted octanol–water partition coefficient (Wildman–Crippen LogP) is 3.93. The van der Waals surface area contributed by atoms with E-state index < -0.39 is 0 Å². The van der Waals surface area contributed by atoms with E-state index in [1.54, 1.807) is 0 Å². The van der Waals surface area contributed by atoms with Gasteiger partial charge in [0.25, 0.3) is 0 Å². The second-order valence-corrected chi connectivity index (χ2v) is 6.53. The molecular formula is C16H23BrN2O. The lowest BCUT2D eigenvalue weighted by Gasteiger charge is -2.23. The van der Waals surface area contributed by atoms with Gasteiger partial charge in [-0.3, -0.25) is 4.79 Å². The first-order chi connectivity index (χ1) is 9.56. The largest absolute Gasteiger partial charge is 0.325 e. The summed E-state index contributed by atoms with van der Waals surface area (Å²) in [6.45, 7) is 5.17. The van der Waals surface area contributed by atoms with Crippen LogP contribution in [0.3, 0.4) is 0 Å². The number of amides is 1. The molecule has 0 radical (unpaired) electrons. The van der Waals surface area contributed by atoms with Gasteiger partial charge in [-0.1, -0.05) is 12.5 Å². The first-order valence-electron chi connectivity index (χ1n) is 7.36. The van der Waals surface area contributed by atoms with Gasteiger partial charge >= 0.3 is 0 Å². The van der Waals surface area contributed by atoms with Crippen LogP contribution in [-0.4, -0.2) is 18.5 Å². The van der Waals surface area contributed by atoms with Crippen LogP contribution in [0.15, 0.2) is 16.6 Å². The Bertz CT molecular complexity index is 458. The predicted molar refractivity (Wildman–Crippen MR) is 87.1 cm³/mol. The topological polar surface area (TPSA) is 41.1 Å². The average Bonchev–Trinajstić information content (AvgIpc) is 2.42. The molecule has 1 aliphatic heterocycles. The molecule has 1 unspecified atom stereocenters. The molecule has 3 nitrogen and oxygen atoms in total. The number of rotatable bonds is 4. The molecule has 0 aliphatic carbocycles. The summed E-state index contributed by atoms with van der Waals surface area (Å²) in [5, 5.41) is 6.51. The SMILES string of the molecule is Cc1cc(C)c(NC(=O)CCC2CCCCN2)c(Br)c1. The zero-order valence-corrected chi connectivity index (χ0v) is 13.8. The molecule has 1 aromatic carbocycles. The maximum atomic E-state index is 12.1. The molecular weight excluding hydrogens is 316 g/mol. The van der Waals surface area contributed by atoms with Gasteiger partial charge in [0.1, 0.15) is 0 Å². The summed E-state index contributed by atoms with van der Waals surface area (Å²) in [6.07, 6.45) is 5.24. The van der Waals surface area contributed by atoms with Gasteiger partial charge in [0, 0.05) is 16.9 Å². The van der Waals surface area contributed by atoms with Crippen LogP contribution in [0, 0.1) is 13.8 Å². The maximum absolute atomic E-state index is 12.1. The maximum Gasteiger partial charge on any atom is 0.224 e. The summed E-state index contributed by atoms with van der Waals surface area (Å²) in [6, 6.07) is 4.63. The van der Waals surface area contributed by atoms with Gasteiger partial charge in [-0.05, 0) is 72.8 Å². The standard InChI is InChI=1S/C16H23BrN2O/c1-11-9-12(2)16(14(17)10-11)19-15(20)7-6-13-5-3-4-8-18-13/h9-10,13,18H,3-8H2,1-2H3,(H,19,20). The third-order valence-corrected chi connectivity index (χ3v) is 4.45. The number of halogens is 1. The highest BCUT2D eigenvalue weighted by Gasteiger charge is 2.15. The van der Waals surface area contributed by atoms with Gasteiger partial charge in [0.2, 0.25) is 5.91 Å². The van der Waals surface area contributed by atoms with Gasteiger partial charge in [-0.2, -0.15) is 0 Å². The summed E-state index contributed by atoms with van der Waals surface area (Å²) in [4.78, 5) is 12.1. The van der Waals surface area contributed by atoms with Crippen molar-refractivity contribution in [3.05, 3.63) is 27.7 Å². The van der Waals surface area contributed by atoms with Crippen LogP contribution in [0.4, 0.5) is 5.69 Å². The Kier molecular flexibility index (Phi) is 5.61. The minimum atomic E-state index is 0.102. The minimum Gasteiger partial charge on any atom is -0.325 e. The molecule has 1 heterocycles. The molecule has 0 bridgehead atoms. The summed E-state index contributed by atoms with van der Waals surface area (Å²) in [5.74, 6) is 0.102. The van der Waals surface area contributed by atoms with E-state index in [-0.39, 0.29) is 5.91 Å². The van der Waals surface area contributed by atoms with Crippen molar-refractivity contribution in [3.8, 4) is 0 Å². The van der Waals surface area contributed by atoms with E-state index >= 15 is 0 Å². The van der Waals surface area contributed by atoms with Gasteiger partial charge in [0.05, 0.1) is 5.69 Å². The van der Waals surface area contributed by atoms with Crippen molar-refractivity contribution in [1.82, 2.24) is 5.32 Å². The molecule has 1 aliphatic rings. The van der Waals surface area contributed by atoms with E-state index in [4.69, 9.17) is 0 Å². The zero-order chi connectivity index (χ0) is 14.5. The van der Waals surface area contributed by atoms with Crippen molar-refractivity contribution in [2.24, 2.45) is 0 Å². The average molecular weight is 339 g/mol. The van der Waals surface area contributed by atoms with Crippen LogP contribution < -0.4 is 10.6 Å². The van der Waals surface area contributed by atoms with E-state index in [0.29, 0.717) is 12.5 Å². The summed E-state index contributed by atoms with van der Waals surface area (Å²) < 4.78 is 0.958. The second-order valence-electron chi connectivity index (χ2n) is 5.67. The molecule has 0 aromatic heterocycles. The molecule has 2 N–H and O–H groups in total.